The monoisotopic (exact) mass is 280 g/mol. The molecule has 5 nitrogen and oxygen atoms in total. The van der Waals surface area contributed by atoms with Crippen molar-refractivity contribution < 1.29 is 14.6 Å². The molecule has 1 aromatic carbocycles. The number of carboxylic acid groups (broad SMARTS) is 1. The summed E-state index contributed by atoms with van der Waals surface area (Å²) in [4.78, 5) is 15.2. The maximum Gasteiger partial charge on any atom is 0.313 e. The average molecular weight is 280 g/mol. The predicted molar refractivity (Wildman–Crippen MR) is 74.9 cm³/mol. The van der Waals surface area contributed by atoms with Crippen molar-refractivity contribution in [2.75, 3.05) is 12.9 Å². The van der Waals surface area contributed by atoms with E-state index < -0.39 is 5.97 Å². The molecule has 2 rings (SSSR count). The fraction of sp³-hybridized carbons (Fsp3) is 0.385. The van der Waals surface area contributed by atoms with E-state index >= 15 is 0 Å². The molecule has 0 aliphatic heterocycles. The van der Waals surface area contributed by atoms with Crippen LogP contribution in [0.3, 0.4) is 0 Å². The van der Waals surface area contributed by atoms with Crippen molar-refractivity contribution in [3.63, 3.8) is 0 Å². The molecule has 2 aromatic rings. The SMILES string of the molecule is CCCn1c(SCC(=O)O)nc2ccc(OC)cc21. The Hall–Kier alpha value is -1.69. The van der Waals surface area contributed by atoms with Crippen LogP contribution in [-0.2, 0) is 11.3 Å². The molecule has 1 heterocycles. The Balaban J connectivity index is 2.44. The summed E-state index contributed by atoms with van der Waals surface area (Å²) in [6, 6.07) is 5.69. The van der Waals surface area contributed by atoms with Gasteiger partial charge in [-0.2, -0.15) is 0 Å². The van der Waals surface area contributed by atoms with Gasteiger partial charge >= 0.3 is 5.97 Å². The third-order valence-electron chi connectivity index (χ3n) is 2.69. The molecule has 0 bridgehead atoms. The van der Waals surface area contributed by atoms with E-state index in [-0.39, 0.29) is 5.75 Å². The first-order chi connectivity index (χ1) is 9.15. The molecule has 0 fully saturated rings. The van der Waals surface area contributed by atoms with Gasteiger partial charge in [-0.3, -0.25) is 4.79 Å². The molecule has 0 aliphatic carbocycles. The van der Waals surface area contributed by atoms with Crippen LogP contribution in [-0.4, -0.2) is 33.5 Å². The first-order valence-electron chi connectivity index (χ1n) is 6.04. The van der Waals surface area contributed by atoms with Gasteiger partial charge < -0.3 is 14.4 Å². The molecule has 0 spiro atoms. The Morgan fingerprint density at radius 1 is 1.53 bits per heavy atom. The number of carboxylic acids is 1. The van der Waals surface area contributed by atoms with Gasteiger partial charge in [0.2, 0.25) is 0 Å². The summed E-state index contributed by atoms with van der Waals surface area (Å²) in [7, 11) is 1.63. The van der Waals surface area contributed by atoms with Crippen LogP contribution < -0.4 is 4.74 Å². The van der Waals surface area contributed by atoms with Gasteiger partial charge in [0.15, 0.2) is 5.16 Å². The van der Waals surface area contributed by atoms with Crippen LogP contribution in [0, 0.1) is 0 Å². The third kappa shape index (κ3) is 3.01. The molecule has 0 amide bonds. The van der Waals surface area contributed by atoms with E-state index in [1.807, 2.05) is 22.8 Å². The fourth-order valence-electron chi connectivity index (χ4n) is 1.88. The molecule has 1 aromatic heterocycles. The van der Waals surface area contributed by atoms with Gasteiger partial charge in [-0.25, -0.2) is 4.98 Å². The summed E-state index contributed by atoms with van der Waals surface area (Å²) in [6.07, 6.45) is 0.962. The normalized spacial score (nSPS) is 10.8. The Labute approximate surface area is 115 Å². The van der Waals surface area contributed by atoms with Crippen molar-refractivity contribution in [3.05, 3.63) is 18.2 Å². The molecule has 1 N–H and O–H groups in total. The second kappa shape index (κ2) is 5.97. The molecule has 0 radical (unpaired) electrons. The van der Waals surface area contributed by atoms with Gasteiger partial charge in [-0.05, 0) is 18.6 Å². The largest absolute Gasteiger partial charge is 0.497 e. The van der Waals surface area contributed by atoms with Crippen LogP contribution in [0.25, 0.3) is 11.0 Å². The molecular weight excluding hydrogens is 264 g/mol. The lowest BCUT2D eigenvalue weighted by molar-refractivity contribution is -0.133. The van der Waals surface area contributed by atoms with Gasteiger partial charge in [0.25, 0.3) is 0 Å². The maximum atomic E-state index is 10.7. The number of nitrogens with zero attached hydrogens (tertiary/aromatic N) is 2. The van der Waals surface area contributed by atoms with Crippen LogP contribution in [0.1, 0.15) is 13.3 Å². The van der Waals surface area contributed by atoms with Crippen molar-refractivity contribution in [1.82, 2.24) is 9.55 Å². The topological polar surface area (TPSA) is 64.4 Å². The number of aromatic nitrogens is 2. The van der Waals surface area contributed by atoms with Gasteiger partial charge in [-0.15, -0.1) is 0 Å². The summed E-state index contributed by atoms with van der Waals surface area (Å²) >= 11 is 1.25. The number of benzene rings is 1. The van der Waals surface area contributed by atoms with Crippen LogP contribution in [0.2, 0.25) is 0 Å². The zero-order valence-corrected chi connectivity index (χ0v) is 11.7. The van der Waals surface area contributed by atoms with Crippen molar-refractivity contribution in [2.24, 2.45) is 0 Å². The molecular formula is C13H16N2O3S. The minimum Gasteiger partial charge on any atom is -0.497 e. The highest BCUT2D eigenvalue weighted by atomic mass is 32.2. The zero-order valence-electron chi connectivity index (χ0n) is 10.9. The van der Waals surface area contributed by atoms with Gasteiger partial charge in [0.05, 0.1) is 23.9 Å². The molecule has 0 saturated heterocycles. The van der Waals surface area contributed by atoms with Gasteiger partial charge in [-0.1, -0.05) is 18.7 Å². The molecule has 0 saturated carbocycles. The number of aliphatic carboxylic acids is 1. The highest BCUT2D eigenvalue weighted by Crippen LogP contribution is 2.27. The van der Waals surface area contributed by atoms with Crippen molar-refractivity contribution in [1.29, 1.82) is 0 Å². The first kappa shape index (κ1) is 13.7. The van der Waals surface area contributed by atoms with E-state index in [9.17, 15) is 4.79 Å². The Morgan fingerprint density at radius 2 is 2.32 bits per heavy atom. The number of methoxy groups -OCH3 is 1. The molecule has 19 heavy (non-hydrogen) atoms. The predicted octanol–water partition coefficient (Wildman–Crippen LogP) is 2.63. The standard InChI is InChI=1S/C13H16N2O3S/c1-3-6-15-11-7-9(18-2)4-5-10(11)14-13(15)19-8-12(16)17/h4-5,7H,3,6,8H2,1-2H3,(H,16,17). The summed E-state index contributed by atoms with van der Waals surface area (Å²) < 4.78 is 7.27. The zero-order chi connectivity index (χ0) is 13.8. The molecule has 102 valence electrons. The first-order valence-corrected chi connectivity index (χ1v) is 7.03. The smallest absolute Gasteiger partial charge is 0.313 e. The molecule has 0 aliphatic rings. The van der Waals surface area contributed by atoms with E-state index in [2.05, 4.69) is 11.9 Å². The lowest BCUT2D eigenvalue weighted by atomic mass is 10.3. The van der Waals surface area contributed by atoms with Crippen molar-refractivity contribution >= 4 is 28.8 Å². The van der Waals surface area contributed by atoms with Crippen LogP contribution in [0.4, 0.5) is 0 Å². The number of hydrogen-bond donors (Lipinski definition) is 1. The summed E-state index contributed by atoms with van der Waals surface area (Å²) in [5.41, 5.74) is 1.84. The lowest BCUT2D eigenvalue weighted by Crippen LogP contribution is -2.03. The van der Waals surface area contributed by atoms with E-state index in [1.165, 1.54) is 11.8 Å². The van der Waals surface area contributed by atoms with E-state index in [1.54, 1.807) is 7.11 Å². The minimum absolute atomic E-state index is 0.0180. The van der Waals surface area contributed by atoms with E-state index in [4.69, 9.17) is 9.84 Å². The van der Waals surface area contributed by atoms with E-state index in [0.29, 0.717) is 0 Å². The molecule has 6 heteroatoms. The number of hydrogen-bond acceptors (Lipinski definition) is 4. The quantitative estimate of drug-likeness (QED) is 0.824. The summed E-state index contributed by atoms with van der Waals surface area (Å²) in [6.45, 7) is 2.89. The maximum absolute atomic E-state index is 10.7. The number of ether oxygens (including phenoxy) is 1. The number of imidazole rings is 1. The Morgan fingerprint density at radius 3 is 2.95 bits per heavy atom. The Kier molecular flexibility index (Phi) is 4.31. The highest BCUT2D eigenvalue weighted by Gasteiger charge is 2.12. The lowest BCUT2D eigenvalue weighted by Gasteiger charge is -2.07. The van der Waals surface area contributed by atoms with Gasteiger partial charge in [0.1, 0.15) is 5.75 Å². The second-order valence-electron chi connectivity index (χ2n) is 4.08. The highest BCUT2D eigenvalue weighted by molar-refractivity contribution is 7.99. The van der Waals surface area contributed by atoms with Crippen LogP contribution in [0.15, 0.2) is 23.4 Å². The number of fused-ring (bicyclic) bond motifs is 1. The van der Waals surface area contributed by atoms with Crippen LogP contribution in [0.5, 0.6) is 5.75 Å². The van der Waals surface area contributed by atoms with Gasteiger partial charge in [0, 0.05) is 12.6 Å². The van der Waals surface area contributed by atoms with Crippen LogP contribution >= 0.6 is 11.8 Å². The number of thioether (sulfide) groups is 1. The summed E-state index contributed by atoms with van der Waals surface area (Å²) in [5.74, 6) is -0.0401. The number of aryl methyl sites for hydroxylation is 1. The van der Waals surface area contributed by atoms with Crippen molar-refractivity contribution in [2.45, 2.75) is 25.0 Å². The Bertz CT molecular complexity index is 595. The van der Waals surface area contributed by atoms with Crippen molar-refractivity contribution in [3.8, 4) is 5.75 Å². The summed E-state index contributed by atoms with van der Waals surface area (Å²) in [5, 5.41) is 9.52. The average Bonchev–Trinajstić information content (AvgIpc) is 2.74. The third-order valence-corrected chi connectivity index (χ3v) is 3.65. The fourth-order valence-corrected chi connectivity index (χ4v) is 2.64. The van der Waals surface area contributed by atoms with E-state index in [0.717, 1.165) is 34.9 Å². The number of rotatable bonds is 6. The second-order valence-corrected chi connectivity index (χ2v) is 5.03. The molecule has 0 atom stereocenters. The number of carbonyl (C=O) groups is 1. The minimum atomic E-state index is -0.835. The molecule has 0 unspecified atom stereocenters.